The second-order valence-electron chi connectivity index (χ2n) is 5.64. The van der Waals surface area contributed by atoms with Gasteiger partial charge in [0.2, 0.25) is 0 Å². The Bertz CT molecular complexity index is 954. The summed E-state index contributed by atoms with van der Waals surface area (Å²) in [6.45, 7) is 1.98. The van der Waals surface area contributed by atoms with Crippen molar-refractivity contribution < 1.29 is 9.59 Å². The summed E-state index contributed by atoms with van der Waals surface area (Å²) in [7, 11) is 0. The smallest absolute Gasteiger partial charge is 0.320 e. The molecule has 3 amide bonds. The molecule has 6 nitrogen and oxygen atoms in total. The van der Waals surface area contributed by atoms with Crippen molar-refractivity contribution in [3.8, 4) is 0 Å². The monoisotopic (exact) mass is 398 g/mol. The molecule has 3 aromatic rings. The van der Waals surface area contributed by atoms with Crippen LogP contribution in [0.15, 0.2) is 58.8 Å². The van der Waals surface area contributed by atoms with Gasteiger partial charge in [-0.1, -0.05) is 29.8 Å². The van der Waals surface area contributed by atoms with E-state index in [4.69, 9.17) is 0 Å². The van der Waals surface area contributed by atoms with Crippen molar-refractivity contribution >= 4 is 51.5 Å². The van der Waals surface area contributed by atoms with Crippen LogP contribution >= 0.6 is 23.1 Å². The third-order valence-corrected chi connectivity index (χ3v) is 5.18. The number of urea groups is 1. The Morgan fingerprint density at radius 3 is 2.48 bits per heavy atom. The fourth-order valence-corrected chi connectivity index (χ4v) is 3.51. The number of aromatic nitrogens is 1. The van der Waals surface area contributed by atoms with Crippen molar-refractivity contribution in [2.45, 2.75) is 11.8 Å². The number of rotatable bonds is 5. The number of amides is 3. The van der Waals surface area contributed by atoms with E-state index >= 15 is 0 Å². The van der Waals surface area contributed by atoms with Crippen LogP contribution in [0.4, 0.5) is 21.3 Å². The van der Waals surface area contributed by atoms with Gasteiger partial charge in [-0.05, 0) is 37.4 Å². The van der Waals surface area contributed by atoms with Gasteiger partial charge in [-0.25, -0.2) is 9.78 Å². The SMILES string of the molecule is CSc1ccccc1NC(=O)c1csc(NC(=O)Nc2ccc(C)cc2)n1. The first-order valence-corrected chi connectivity index (χ1v) is 10.2. The Morgan fingerprint density at radius 2 is 1.74 bits per heavy atom. The van der Waals surface area contributed by atoms with E-state index in [1.807, 2.05) is 61.7 Å². The van der Waals surface area contributed by atoms with Crippen LogP contribution < -0.4 is 16.0 Å². The second-order valence-corrected chi connectivity index (χ2v) is 7.34. The predicted molar refractivity (Wildman–Crippen MR) is 112 cm³/mol. The average Bonchev–Trinajstić information content (AvgIpc) is 3.12. The lowest BCUT2D eigenvalue weighted by Gasteiger charge is -2.07. The highest BCUT2D eigenvalue weighted by molar-refractivity contribution is 7.98. The van der Waals surface area contributed by atoms with Gasteiger partial charge in [-0.15, -0.1) is 23.1 Å². The van der Waals surface area contributed by atoms with Crippen molar-refractivity contribution in [3.05, 3.63) is 65.2 Å². The molecular formula is C19H18N4O2S2. The molecule has 27 heavy (non-hydrogen) atoms. The molecule has 0 atom stereocenters. The van der Waals surface area contributed by atoms with E-state index in [1.165, 1.54) is 11.3 Å². The maximum absolute atomic E-state index is 12.4. The van der Waals surface area contributed by atoms with Gasteiger partial charge >= 0.3 is 6.03 Å². The van der Waals surface area contributed by atoms with E-state index in [0.29, 0.717) is 10.8 Å². The number of carbonyl (C=O) groups excluding carboxylic acids is 2. The third kappa shape index (κ3) is 5.08. The molecule has 1 aromatic heterocycles. The molecule has 0 aliphatic carbocycles. The van der Waals surface area contributed by atoms with Crippen LogP contribution in [0.2, 0.25) is 0 Å². The van der Waals surface area contributed by atoms with E-state index < -0.39 is 6.03 Å². The first-order chi connectivity index (χ1) is 13.0. The molecule has 0 unspecified atom stereocenters. The number of para-hydroxylation sites is 1. The highest BCUT2D eigenvalue weighted by atomic mass is 32.2. The minimum absolute atomic E-state index is 0.251. The molecule has 8 heteroatoms. The zero-order valence-electron chi connectivity index (χ0n) is 14.8. The number of benzene rings is 2. The van der Waals surface area contributed by atoms with Crippen LogP contribution in [0, 0.1) is 6.92 Å². The normalized spacial score (nSPS) is 10.3. The Labute approximate surface area is 165 Å². The average molecular weight is 399 g/mol. The number of thioether (sulfide) groups is 1. The van der Waals surface area contributed by atoms with Gasteiger partial charge < -0.3 is 10.6 Å². The zero-order valence-corrected chi connectivity index (χ0v) is 16.4. The summed E-state index contributed by atoms with van der Waals surface area (Å²) >= 11 is 2.74. The molecule has 3 rings (SSSR count). The fourth-order valence-electron chi connectivity index (χ4n) is 2.27. The Hall–Kier alpha value is -2.84. The Balaban J connectivity index is 1.61. The number of thiazole rings is 1. The molecule has 2 aromatic carbocycles. The van der Waals surface area contributed by atoms with E-state index in [1.54, 1.807) is 17.1 Å². The maximum Gasteiger partial charge on any atom is 0.325 e. The highest BCUT2D eigenvalue weighted by Crippen LogP contribution is 2.25. The lowest BCUT2D eigenvalue weighted by atomic mass is 10.2. The van der Waals surface area contributed by atoms with Crippen molar-refractivity contribution in [2.75, 3.05) is 22.2 Å². The standard InChI is InChI=1S/C19H18N4O2S2/c1-12-7-9-13(10-8-12)20-18(25)23-19-22-15(11-27-19)17(24)21-14-5-3-4-6-16(14)26-2/h3-11H,1-2H3,(H,21,24)(H2,20,22,23,25). The van der Waals surface area contributed by atoms with Crippen molar-refractivity contribution in [1.82, 2.24) is 4.98 Å². The van der Waals surface area contributed by atoms with Gasteiger partial charge in [0.1, 0.15) is 5.69 Å². The number of anilines is 3. The molecule has 0 saturated heterocycles. The van der Waals surface area contributed by atoms with Crippen molar-refractivity contribution in [2.24, 2.45) is 0 Å². The van der Waals surface area contributed by atoms with Gasteiger partial charge in [0.15, 0.2) is 5.13 Å². The number of hydrogen-bond donors (Lipinski definition) is 3. The Morgan fingerprint density at radius 1 is 1.00 bits per heavy atom. The minimum atomic E-state index is -0.409. The summed E-state index contributed by atoms with van der Waals surface area (Å²) in [5.41, 5.74) is 2.78. The van der Waals surface area contributed by atoms with E-state index in [-0.39, 0.29) is 11.6 Å². The topological polar surface area (TPSA) is 83.1 Å². The number of aryl methyl sites for hydroxylation is 1. The van der Waals surface area contributed by atoms with Crippen molar-refractivity contribution in [3.63, 3.8) is 0 Å². The minimum Gasteiger partial charge on any atom is -0.320 e. The molecule has 1 heterocycles. The van der Waals surface area contributed by atoms with Crippen molar-refractivity contribution in [1.29, 1.82) is 0 Å². The predicted octanol–water partition coefficient (Wildman–Crippen LogP) is 5.07. The molecule has 3 N–H and O–H groups in total. The van der Waals surface area contributed by atoms with Crippen LogP contribution in [0.25, 0.3) is 0 Å². The summed E-state index contributed by atoms with van der Waals surface area (Å²) in [6, 6.07) is 14.6. The van der Waals surface area contributed by atoms with Crippen LogP contribution in [-0.4, -0.2) is 23.2 Å². The molecule has 0 aliphatic heterocycles. The number of nitrogens with zero attached hydrogens (tertiary/aromatic N) is 1. The molecule has 0 saturated carbocycles. The van der Waals surface area contributed by atoms with Gasteiger partial charge in [0.05, 0.1) is 5.69 Å². The van der Waals surface area contributed by atoms with Crippen LogP contribution in [-0.2, 0) is 0 Å². The molecule has 0 radical (unpaired) electrons. The summed E-state index contributed by atoms with van der Waals surface area (Å²) in [6.07, 6.45) is 1.95. The molecule has 0 spiro atoms. The van der Waals surface area contributed by atoms with Gasteiger partial charge in [-0.3, -0.25) is 10.1 Å². The molecule has 138 valence electrons. The van der Waals surface area contributed by atoms with E-state index in [0.717, 1.165) is 16.1 Å². The highest BCUT2D eigenvalue weighted by Gasteiger charge is 2.14. The molecular weight excluding hydrogens is 380 g/mol. The first-order valence-electron chi connectivity index (χ1n) is 8.10. The number of hydrogen-bond acceptors (Lipinski definition) is 5. The lowest BCUT2D eigenvalue weighted by Crippen LogP contribution is -2.19. The van der Waals surface area contributed by atoms with E-state index in [9.17, 15) is 9.59 Å². The number of carbonyl (C=O) groups is 2. The first kappa shape index (κ1) is 18.9. The van der Waals surface area contributed by atoms with Gasteiger partial charge in [0, 0.05) is 16.0 Å². The van der Waals surface area contributed by atoms with Crippen LogP contribution in [0.3, 0.4) is 0 Å². The molecule has 0 bridgehead atoms. The largest absolute Gasteiger partial charge is 0.325 e. The number of nitrogens with one attached hydrogen (secondary N) is 3. The quantitative estimate of drug-likeness (QED) is 0.524. The summed E-state index contributed by atoms with van der Waals surface area (Å²) < 4.78 is 0. The summed E-state index contributed by atoms with van der Waals surface area (Å²) in [5.74, 6) is -0.320. The van der Waals surface area contributed by atoms with Gasteiger partial charge in [0.25, 0.3) is 5.91 Å². The maximum atomic E-state index is 12.4. The molecule has 0 fully saturated rings. The van der Waals surface area contributed by atoms with Gasteiger partial charge in [-0.2, -0.15) is 0 Å². The molecule has 0 aliphatic rings. The summed E-state index contributed by atoms with van der Waals surface area (Å²) in [4.78, 5) is 29.6. The third-order valence-electron chi connectivity index (χ3n) is 3.62. The summed E-state index contributed by atoms with van der Waals surface area (Å²) in [5, 5.41) is 10.2. The van der Waals surface area contributed by atoms with Crippen LogP contribution in [0.5, 0.6) is 0 Å². The lowest BCUT2D eigenvalue weighted by molar-refractivity contribution is 0.102. The second kappa shape index (κ2) is 8.70. The fraction of sp³-hybridized carbons (Fsp3) is 0.105. The van der Waals surface area contributed by atoms with E-state index in [2.05, 4.69) is 20.9 Å². The Kier molecular flexibility index (Phi) is 6.10. The zero-order chi connectivity index (χ0) is 19.2. The van der Waals surface area contributed by atoms with Crippen LogP contribution in [0.1, 0.15) is 16.1 Å².